The maximum absolute atomic E-state index is 13.0. The summed E-state index contributed by atoms with van der Waals surface area (Å²) in [6, 6.07) is 25.0. The quantitative estimate of drug-likeness (QED) is 0.287. The lowest BCUT2D eigenvalue weighted by Gasteiger charge is -2.21. The van der Waals surface area contributed by atoms with Gasteiger partial charge in [0.15, 0.2) is 0 Å². The number of rotatable bonds is 8. The molecule has 6 nitrogen and oxygen atoms in total. The number of para-hydroxylation sites is 2. The minimum Gasteiger partial charge on any atom is -0.349 e. The van der Waals surface area contributed by atoms with E-state index in [0.717, 1.165) is 22.3 Å². The van der Waals surface area contributed by atoms with E-state index in [1.165, 1.54) is 28.0 Å². The molecule has 2 aromatic heterocycles. The fourth-order valence-corrected chi connectivity index (χ4v) is 5.44. The van der Waals surface area contributed by atoms with E-state index in [2.05, 4.69) is 93.9 Å². The van der Waals surface area contributed by atoms with Crippen LogP contribution in [0.3, 0.4) is 0 Å². The maximum Gasteiger partial charge on any atom is 0.263 e. The van der Waals surface area contributed by atoms with Crippen molar-refractivity contribution in [1.29, 1.82) is 5.41 Å². The number of aromatic nitrogens is 3. The van der Waals surface area contributed by atoms with Gasteiger partial charge in [0.2, 0.25) is 5.62 Å². The van der Waals surface area contributed by atoms with Gasteiger partial charge in [-0.3, -0.25) is 10.2 Å². The van der Waals surface area contributed by atoms with Crippen LogP contribution in [-0.4, -0.2) is 26.6 Å². The molecule has 2 heterocycles. The highest BCUT2D eigenvalue weighted by Gasteiger charge is 2.21. The summed E-state index contributed by atoms with van der Waals surface area (Å²) < 4.78 is 4.13. The van der Waals surface area contributed by atoms with E-state index in [1.807, 2.05) is 19.1 Å². The first kappa shape index (κ1) is 24.7. The Morgan fingerprint density at radius 3 is 2.16 bits per heavy atom. The number of carbonyl (C=O) groups excluding carboxylic acids is 1. The van der Waals surface area contributed by atoms with Gasteiger partial charge in [0, 0.05) is 6.54 Å². The van der Waals surface area contributed by atoms with Crippen LogP contribution in [0.25, 0.3) is 11.0 Å². The van der Waals surface area contributed by atoms with Crippen LogP contribution in [0.4, 0.5) is 0 Å². The first-order chi connectivity index (χ1) is 17.9. The van der Waals surface area contributed by atoms with Crippen molar-refractivity contribution in [2.24, 2.45) is 0 Å². The Hall–Kier alpha value is -3.97. The number of hydrogen-bond acceptors (Lipinski definition) is 4. The van der Waals surface area contributed by atoms with Crippen molar-refractivity contribution in [3.8, 4) is 0 Å². The van der Waals surface area contributed by atoms with Crippen LogP contribution in [-0.2, 0) is 13.0 Å². The average Bonchev–Trinajstić information content (AvgIpc) is 3.45. The van der Waals surface area contributed by atoms with E-state index in [9.17, 15) is 10.2 Å². The number of fused-ring (bicyclic) bond motifs is 1. The molecule has 0 aliphatic heterocycles. The first-order valence-electron chi connectivity index (χ1n) is 12.4. The Kier molecular flexibility index (Phi) is 7.06. The van der Waals surface area contributed by atoms with Crippen LogP contribution in [0.1, 0.15) is 43.7 Å². The molecule has 3 aromatic carbocycles. The Labute approximate surface area is 220 Å². The highest BCUT2D eigenvalue weighted by Crippen LogP contribution is 2.22. The van der Waals surface area contributed by atoms with E-state index >= 15 is 0 Å². The normalized spacial score (nSPS) is 12.1. The van der Waals surface area contributed by atoms with Crippen molar-refractivity contribution in [2.45, 2.75) is 39.8 Å². The van der Waals surface area contributed by atoms with Crippen LogP contribution in [0.5, 0.6) is 0 Å². The van der Waals surface area contributed by atoms with Crippen LogP contribution in [0, 0.1) is 26.2 Å². The molecule has 5 aromatic rings. The number of benzene rings is 3. The zero-order valence-corrected chi connectivity index (χ0v) is 22.2. The smallest absolute Gasteiger partial charge is 0.263 e. The minimum absolute atomic E-state index is 0.121. The summed E-state index contributed by atoms with van der Waals surface area (Å²) in [4.78, 5) is 17.8. The second kappa shape index (κ2) is 10.6. The Morgan fingerprint density at radius 2 is 1.54 bits per heavy atom. The lowest BCUT2D eigenvalue weighted by atomic mass is 10.0. The number of amides is 1. The fourth-order valence-electron chi connectivity index (χ4n) is 4.72. The summed E-state index contributed by atoms with van der Waals surface area (Å²) >= 11 is 1.35. The molecule has 0 unspecified atom stereocenters. The van der Waals surface area contributed by atoms with Crippen molar-refractivity contribution in [2.75, 3.05) is 6.54 Å². The average molecular weight is 510 g/mol. The van der Waals surface area contributed by atoms with Gasteiger partial charge in [-0.15, -0.1) is 11.3 Å². The molecule has 0 fully saturated rings. The van der Waals surface area contributed by atoms with Crippen molar-refractivity contribution in [3.63, 3.8) is 0 Å². The van der Waals surface area contributed by atoms with E-state index in [0.29, 0.717) is 30.0 Å². The summed E-state index contributed by atoms with van der Waals surface area (Å²) in [7, 11) is 0. The second-order valence-electron chi connectivity index (χ2n) is 9.57. The summed E-state index contributed by atoms with van der Waals surface area (Å²) in [6.45, 7) is 7.02. The van der Waals surface area contributed by atoms with Gasteiger partial charge in [-0.25, -0.2) is 4.98 Å². The molecule has 0 saturated heterocycles. The van der Waals surface area contributed by atoms with Crippen molar-refractivity contribution in [1.82, 2.24) is 19.4 Å². The molecule has 0 bridgehead atoms. The molecule has 37 heavy (non-hydrogen) atoms. The largest absolute Gasteiger partial charge is 0.349 e. The van der Waals surface area contributed by atoms with E-state index in [4.69, 9.17) is 0 Å². The highest BCUT2D eigenvalue weighted by atomic mass is 32.1. The number of aryl methyl sites for hydroxylation is 3. The predicted molar refractivity (Wildman–Crippen MR) is 149 cm³/mol. The standard InChI is InChI=1S/C30H31N5OS/c1-20-8-12-23(13-9-20)16-25(17-32-29(36)28-22(3)33-19-37-28)35-27-7-5-4-6-26(27)34(30(35)31)18-24-14-10-21(2)11-15-24/h4-15,19,25,31H,16-18H2,1-3H3,(H,32,36)/t25-/m0/s1. The molecule has 1 atom stereocenters. The summed E-state index contributed by atoms with van der Waals surface area (Å²) in [5.74, 6) is -0.121. The number of nitrogens with one attached hydrogen (secondary N) is 2. The van der Waals surface area contributed by atoms with Crippen LogP contribution in [0.15, 0.2) is 78.3 Å². The molecule has 0 aliphatic rings. The lowest BCUT2D eigenvalue weighted by molar-refractivity contribution is 0.0950. The molecular formula is C30H31N5OS. The van der Waals surface area contributed by atoms with Crippen LogP contribution >= 0.6 is 11.3 Å². The van der Waals surface area contributed by atoms with Crippen molar-refractivity contribution < 1.29 is 4.79 Å². The van der Waals surface area contributed by atoms with Gasteiger partial charge in [0.25, 0.3) is 5.91 Å². The van der Waals surface area contributed by atoms with Gasteiger partial charge in [-0.05, 0) is 50.5 Å². The first-order valence-corrected chi connectivity index (χ1v) is 13.3. The van der Waals surface area contributed by atoms with Crippen molar-refractivity contribution in [3.05, 3.63) is 117 Å². The lowest BCUT2D eigenvalue weighted by Crippen LogP contribution is -2.37. The topological polar surface area (TPSA) is 75.7 Å². The third-order valence-electron chi connectivity index (χ3n) is 6.78. The molecule has 0 saturated carbocycles. The summed E-state index contributed by atoms with van der Waals surface area (Å²) in [5, 5.41) is 12.4. The van der Waals surface area contributed by atoms with E-state index in [1.54, 1.807) is 5.51 Å². The Bertz CT molecular complexity index is 1590. The van der Waals surface area contributed by atoms with Crippen molar-refractivity contribution >= 4 is 28.3 Å². The molecule has 0 aliphatic carbocycles. The van der Waals surface area contributed by atoms with Gasteiger partial charge >= 0.3 is 0 Å². The monoisotopic (exact) mass is 509 g/mol. The molecule has 5 rings (SSSR count). The van der Waals surface area contributed by atoms with Gasteiger partial charge in [0.05, 0.1) is 34.8 Å². The minimum atomic E-state index is -0.142. The number of carbonyl (C=O) groups is 1. The second-order valence-corrected chi connectivity index (χ2v) is 10.4. The molecule has 7 heteroatoms. The van der Waals surface area contributed by atoms with Gasteiger partial charge in [-0.1, -0.05) is 71.8 Å². The fraction of sp³-hybridized carbons (Fsp3) is 0.233. The third-order valence-corrected chi connectivity index (χ3v) is 7.71. The third kappa shape index (κ3) is 5.27. The Morgan fingerprint density at radius 1 is 0.919 bits per heavy atom. The van der Waals surface area contributed by atoms with Gasteiger partial charge in [0.1, 0.15) is 4.88 Å². The van der Waals surface area contributed by atoms with Crippen LogP contribution < -0.4 is 10.9 Å². The molecule has 0 spiro atoms. The molecule has 2 N–H and O–H groups in total. The molecular weight excluding hydrogens is 478 g/mol. The summed E-state index contributed by atoms with van der Waals surface area (Å²) in [5.41, 5.74) is 9.58. The number of imidazole rings is 1. The molecule has 0 radical (unpaired) electrons. The Balaban J connectivity index is 1.54. The van der Waals surface area contributed by atoms with Gasteiger partial charge < -0.3 is 14.5 Å². The van der Waals surface area contributed by atoms with E-state index < -0.39 is 0 Å². The number of thiazole rings is 1. The molecule has 1 amide bonds. The zero-order chi connectivity index (χ0) is 25.9. The highest BCUT2D eigenvalue weighted by molar-refractivity contribution is 7.11. The SMILES string of the molecule is Cc1ccc(C[C@@H](CNC(=O)c2scnc2C)n2c(=N)n(Cc3ccc(C)cc3)c3ccccc32)cc1. The van der Waals surface area contributed by atoms with E-state index in [-0.39, 0.29) is 11.9 Å². The van der Waals surface area contributed by atoms with Crippen LogP contribution in [0.2, 0.25) is 0 Å². The number of nitrogens with zero attached hydrogens (tertiary/aromatic N) is 3. The zero-order valence-electron chi connectivity index (χ0n) is 21.4. The molecule has 188 valence electrons. The predicted octanol–water partition coefficient (Wildman–Crippen LogP) is 5.57. The maximum atomic E-state index is 13.0. The van der Waals surface area contributed by atoms with Gasteiger partial charge in [-0.2, -0.15) is 0 Å². The summed E-state index contributed by atoms with van der Waals surface area (Å²) in [6.07, 6.45) is 0.692. The number of hydrogen-bond donors (Lipinski definition) is 2.